The summed E-state index contributed by atoms with van der Waals surface area (Å²) in [5.41, 5.74) is 3.14. The first-order valence-electron chi connectivity index (χ1n) is 13.7. The second-order valence-electron chi connectivity index (χ2n) is 9.99. The molecule has 2 amide bonds. The zero-order valence-corrected chi connectivity index (χ0v) is 24.4. The maximum Gasteiger partial charge on any atom is 0.258 e. The molecule has 0 spiro atoms. The van der Waals surface area contributed by atoms with Gasteiger partial charge in [-0.3, -0.25) is 9.59 Å². The van der Waals surface area contributed by atoms with Crippen molar-refractivity contribution in [1.29, 1.82) is 0 Å². The summed E-state index contributed by atoms with van der Waals surface area (Å²) in [5, 5.41) is 0. The molecule has 42 heavy (non-hydrogen) atoms. The molecule has 8 nitrogen and oxygen atoms in total. The number of hydrogen-bond acceptors (Lipinski definition) is 6. The molecule has 0 N–H and O–H groups in total. The van der Waals surface area contributed by atoms with Crippen LogP contribution in [0.2, 0.25) is 0 Å². The maximum absolute atomic E-state index is 14.3. The highest BCUT2D eigenvalue weighted by Gasteiger charge is 2.40. The number of benzene rings is 4. The van der Waals surface area contributed by atoms with Crippen molar-refractivity contribution in [3.05, 3.63) is 108 Å². The molecule has 1 aliphatic rings. The lowest BCUT2D eigenvalue weighted by Crippen LogP contribution is -2.48. The highest BCUT2D eigenvalue weighted by Crippen LogP contribution is 2.48. The predicted molar refractivity (Wildman–Crippen MR) is 162 cm³/mol. The summed E-state index contributed by atoms with van der Waals surface area (Å²) in [6, 6.07) is 26.7. The minimum atomic E-state index is -0.458. The van der Waals surface area contributed by atoms with Crippen molar-refractivity contribution in [3.8, 4) is 23.0 Å². The highest BCUT2D eigenvalue weighted by atomic mass is 16.5. The van der Waals surface area contributed by atoms with Crippen LogP contribution in [0.15, 0.2) is 91.0 Å². The van der Waals surface area contributed by atoms with E-state index in [2.05, 4.69) is 0 Å². The topological polar surface area (TPSA) is 77.5 Å². The fraction of sp³-hybridized carbons (Fsp3) is 0.235. The lowest BCUT2D eigenvalue weighted by atomic mass is 9.88. The molecular formula is C34H34N2O6. The van der Waals surface area contributed by atoms with Gasteiger partial charge in [0.15, 0.2) is 23.0 Å². The number of methoxy groups -OCH3 is 4. The number of carbonyl (C=O) groups is 2. The largest absolute Gasteiger partial charge is 0.493 e. The minimum Gasteiger partial charge on any atom is -0.493 e. The molecule has 5 rings (SSSR count). The van der Waals surface area contributed by atoms with E-state index in [0.29, 0.717) is 51.9 Å². The number of amides is 2. The van der Waals surface area contributed by atoms with E-state index in [1.54, 1.807) is 74.6 Å². The van der Waals surface area contributed by atoms with Crippen molar-refractivity contribution in [2.75, 3.05) is 38.2 Å². The van der Waals surface area contributed by atoms with Crippen LogP contribution in [0.5, 0.6) is 23.0 Å². The van der Waals surface area contributed by atoms with Gasteiger partial charge in [0.25, 0.3) is 11.8 Å². The van der Waals surface area contributed by atoms with Crippen LogP contribution in [-0.2, 0) is 0 Å². The van der Waals surface area contributed by atoms with Crippen LogP contribution in [0.1, 0.15) is 45.7 Å². The van der Waals surface area contributed by atoms with Crippen molar-refractivity contribution < 1.29 is 28.5 Å². The average Bonchev–Trinajstić information content (AvgIpc) is 3.04. The molecule has 0 unspecified atom stereocenters. The Balaban J connectivity index is 1.73. The fourth-order valence-corrected chi connectivity index (χ4v) is 5.56. The third-order valence-corrected chi connectivity index (χ3v) is 7.59. The van der Waals surface area contributed by atoms with E-state index in [9.17, 15) is 9.59 Å². The lowest BCUT2D eigenvalue weighted by Gasteiger charge is -2.44. The van der Waals surface area contributed by atoms with E-state index in [1.165, 1.54) is 0 Å². The Morgan fingerprint density at radius 1 is 0.690 bits per heavy atom. The Morgan fingerprint density at radius 2 is 1.24 bits per heavy atom. The summed E-state index contributed by atoms with van der Waals surface area (Å²) in [5.74, 6) is 1.71. The van der Waals surface area contributed by atoms with Gasteiger partial charge in [-0.2, -0.15) is 0 Å². The molecular weight excluding hydrogens is 532 g/mol. The van der Waals surface area contributed by atoms with Crippen molar-refractivity contribution in [3.63, 3.8) is 0 Å². The summed E-state index contributed by atoms with van der Waals surface area (Å²) in [6.07, 6.45) is 0.466. The van der Waals surface area contributed by atoms with Gasteiger partial charge < -0.3 is 28.7 Å². The number of anilines is 2. The second kappa shape index (κ2) is 12.3. The van der Waals surface area contributed by atoms with E-state index in [-0.39, 0.29) is 17.9 Å². The normalized spacial score (nSPS) is 15.8. The summed E-state index contributed by atoms with van der Waals surface area (Å²) < 4.78 is 22.4. The van der Waals surface area contributed by atoms with E-state index < -0.39 is 6.04 Å². The van der Waals surface area contributed by atoms with Gasteiger partial charge >= 0.3 is 0 Å². The first kappa shape index (κ1) is 28.5. The molecule has 216 valence electrons. The molecule has 1 aliphatic heterocycles. The SMILES string of the molecule is COc1ccc(N(C(=O)c2ccccc2)[C@@H]2C[C@H](C)N(C(=O)c3ccccc3)c3cc(OC)c(OC)cc32)cc1OC. The summed E-state index contributed by atoms with van der Waals surface area (Å²) in [6.45, 7) is 1.99. The Kier molecular flexibility index (Phi) is 8.33. The highest BCUT2D eigenvalue weighted by molar-refractivity contribution is 6.09. The first-order chi connectivity index (χ1) is 20.4. The number of ether oxygens (including phenoxy) is 4. The van der Waals surface area contributed by atoms with E-state index >= 15 is 0 Å². The number of fused-ring (bicyclic) bond motifs is 1. The van der Waals surface area contributed by atoms with E-state index in [4.69, 9.17) is 18.9 Å². The smallest absolute Gasteiger partial charge is 0.258 e. The van der Waals surface area contributed by atoms with Crippen LogP contribution < -0.4 is 28.7 Å². The maximum atomic E-state index is 14.3. The monoisotopic (exact) mass is 566 g/mol. The third kappa shape index (κ3) is 5.23. The van der Waals surface area contributed by atoms with Gasteiger partial charge in [0.1, 0.15) is 0 Å². The van der Waals surface area contributed by atoms with Crippen LogP contribution in [0.3, 0.4) is 0 Å². The molecule has 0 saturated heterocycles. The number of carbonyl (C=O) groups excluding carboxylic acids is 2. The zero-order chi connectivity index (χ0) is 29.8. The number of nitrogens with zero attached hydrogens (tertiary/aromatic N) is 2. The minimum absolute atomic E-state index is 0.137. The molecule has 0 saturated carbocycles. The second-order valence-corrected chi connectivity index (χ2v) is 9.99. The third-order valence-electron chi connectivity index (χ3n) is 7.59. The quantitative estimate of drug-likeness (QED) is 0.241. The zero-order valence-electron chi connectivity index (χ0n) is 24.4. The standard InChI is InChI=1S/C34H34N2O6/c1-22-18-27(36(34(38)24-14-10-7-11-15-24)25-16-17-29(39-2)30(19-25)40-3)26-20-31(41-4)32(42-5)21-28(26)35(22)33(37)23-12-8-6-9-13-23/h6-17,19-22,27H,18H2,1-5H3/t22-,27+/m0/s1. The van der Waals surface area contributed by atoms with Crippen LogP contribution >= 0.6 is 0 Å². The average molecular weight is 567 g/mol. The van der Waals surface area contributed by atoms with E-state index in [1.807, 2.05) is 61.5 Å². The Morgan fingerprint density at radius 3 is 1.83 bits per heavy atom. The molecule has 0 aromatic heterocycles. The Bertz CT molecular complexity index is 1570. The molecule has 0 radical (unpaired) electrons. The first-order valence-corrected chi connectivity index (χ1v) is 13.7. The van der Waals surface area contributed by atoms with Gasteiger partial charge in [0.05, 0.1) is 40.2 Å². The molecule has 1 heterocycles. The molecule has 8 heteroatoms. The number of hydrogen-bond donors (Lipinski definition) is 0. The van der Waals surface area contributed by atoms with Crippen molar-refractivity contribution >= 4 is 23.2 Å². The van der Waals surface area contributed by atoms with Crippen molar-refractivity contribution in [2.45, 2.75) is 25.4 Å². The van der Waals surface area contributed by atoms with E-state index in [0.717, 1.165) is 5.56 Å². The Hall–Kier alpha value is -4.98. The molecule has 0 fully saturated rings. The van der Waals surface area contributed by atoms with Crippen LogP contribution in [0, 0.1) is 0 Å². The molecule has 2 atom stereocenters. The molecule has 4 aromatic rings. The summed E-state index contributed by atoms with van der Waals surface area (Å²) in [4.78, 5) is 31.8. The molecule has 0 bridgehead atoms. The Labute approximate surface area is 246 Å². The molecule has 0 aliphatic carbocycles. The lowest BCUT2D eigenvalue weighted by molar-refractivity contribution is 0.0965. The summed E-state index contributed by atoms with van der Waals surface area (Å²) in [7, 11) is 6.26. The number of rotatable bonds is 8. The van der Waals surface area contributed by atoms with Crippen LogP contribution in [0.25, 0.3) is 0 Å². The van der Waals surface area contributed by atoms with Gasteiger partial charge in [-0.1, -0.05) is 36.4 Å². The fourth-order valence-electron chi connectivity index (χ4n) is 5.56. The van der Waals surface area contributed by atoms with Crippen LogP contribution in [0.4, 0.5) is 11.4 Å². The van der Waals surface area contributed by atoms with Gasteiger partial charge in [-0.25, -0.2) is 0 Å². The van der Waals surface area contributed by atoms with Crippen molar-refractivity contribution in [1.82, 2.24) is 0 Å². The van der Waals surface area contributed by atoms with Crippen molar-refractivity contribution in [2.24, 2.45) is 0 Å². The van der Waals surface area contributed by atoms with Gasteiger partial charge in [-0.05, 0) is 55.8 Å². The van der Waals surface area contributed by atoms with Gasteiger partial charge in [0.2, 0.25) is 0 Å². The van der Waals surface area contributed by atoms with Gasteiger partial charge in [0, 0.05) is 40.6 Å². The summed E-state index contributed by atoms with van der Waals surface area (Å²) >= 11 is 0. The molecule has 4 aromatic carbocycles. The van der Waals surface area contributed by atoms with Gasteiger partial charge in [-0.15, -0.1) is 0 Å². The van der Waals surface area contributed by atoms with Crippen LogP contribution in [-0.4, -0.2) is 46.3 Å². The predicted octanol–water partition coefficient (Wildman–Crippen LogP) is 6.55.